The summed E-state index contributed by atoms with van der Waals surface area (Å²) in [5, 5.41) is 3.70. The average Bonchev–Trinajstić information content (AvgIpc) is 2.67. The Hall–Kier alpha value is -0.570. The van der Waals surface area contributed by atoms with E-state index in [1.54, 1.807) is 0 Å². The highest BCUT2D eigenvalue weighted by atomic mass is 16.1. The van der Waals surface area contributed by atoms with Crippen LogP contribution in [-0.2, 0) is 4.79 Å². The standard InChI is InChI=1S/C16H30N2O/c1-2-13-8-7-11-16(12-13,15(17)19)18-14-9-5-3-4-6-10-14/h13-14,18H,2-12H2,1H3,(H2,17,19). The summed E-state index contributed by atoms with van der Waals surface area (Å²) in [6.45, 7) is 2.23. The largest absolute Gasteiger partial charge is 0.368 e. The molecule has 0 radical (unpaired) electrons. The molecule has 2 aliphatic rings. The first kappa shape index (κ1) is 14.8. The van der Waals surface area contributed by atoms with Gasteiger partial charge in [-0.05, 0) is 31.6 Å². The molecule has 2 aliphatic carbocycles. The van der Waals surface area contributed by atoms with Gasteiger partial charge in [0.15, 0.2) is 0 Å². The van der Waals surface area contributed by atoms with Crippen LogP contribution in [0.3, 0.4) is 0 Å². The fourth-order valence-electron chi connectivity index (χ4n) is 3.98. The number of carbonyl (C=O) groups excluding carboxylic acids is 1. The zero-order chi connectivity index (χ0) is 13.7. The molecule has 0 spiro atoms. The molecule has 0 saturated heterocycles. The predicted molar refractivity (Wildman–Crippen MR) is 78.8 cm³/mol. The Morgan fingerprint density at radius 2 is 1.84 bits per heavy atom. The number of hydrogen-bond acceptors (Lipinski definition) is 2. The first-order chi connectivity index (χ1) is 9.16. The van der Waals surface area contributed by atoms with E-state index in [4.69, 9.17) is 5.73 Å². The van der Waals surface area contributed by atoms with Crippen molar-refractivity contribution in [1.29, 1.82) is 0 Å². The van der Waals surface area contributed by atoms with Crippen molar-refractivity contribution in [3.63, 3.8) is 0 Å². The second-order valence-electron chi connectivity index (χ2n) is 6.65. The van der Waals surface area contributed by atoms with Gasteiger partial charge in [-0.1, -0.05) is 51.9 Å². The van der Waals surface area contributed by atoms with Crippen LogP contribution in [0.4, 0.5) is 0 Å². The summed E-state index contributed by atoms with van der Waals surface area (Å²) in [4.78, 5) is 12.1. The lowest BCUT2D eigenvalue weighted by Crippen LogP contribution is -2.60. The summed E-state index contributed by atoms with van der Waals surface area (Å²) in [6.07, 6.45) is 13.2. The Bertz CT molecular complexity index is 297. The molecule has 2 rings (SSSR count). The summed E-state index contributed by atoms with van der Waals surface area (Å²) in [7, 11) is 0. The molecule has 110 valence electrons. The molecule has 0 bridgehead atoms. The molecule has 2 saturated carbocycles. The van der Waals surface area contributed by atoms with Crippen molar-refractivity contribution >= 4 is 5.91 Å². The number of nitrogens with one attached hydrogen (secondary N) is 1. The lowest BCUT2D eigenvalue weighted by molar-refractivity contribution is -0.127. The van der Waals surface area contributed by atoms with Crippen LogP contribution in [0.15, 0.2) is 0 Å². The molecule has 0 aliphatic heterocycles. The van der Waals surface area contributed by atoms with Gasteiger partial charge in [-0.25, -0.2) is 0 Å². The van der Waals surface area contributed by atoms with Crippen molar-refractivity contribution in [1.82, 2.24) is 5.32 Å². The molecular formula is C16H30N2O. The Balaban J connectivity index is 2.03. The minimum absolute atomic E-state index is 0.116. The fourth-order valence-corrected chi connectivity index (χ4v) is 3.98. The van der Waals surface area contributed by atoms with Gasteiger partial charge in [0, 0.05) is 6.04 Å². The van der Waals surface area contributed by atoms with Crippen LogP contribution in [0.25, 0.3) is 0 Å². The Kier molecular flexibility index (Phi) is 5.26. The molecule has 3 N–H and O–H groups in total. The summed E-state index contributed by atoms with van der Waals surface area (Å²) in [5.74, 6) is 0.550. The lowest BCUT2D eigenvalue weighted by Gasteiger charge is -2.41. The third kappa shape index (κ3) is 3.71. The molecule has 0 aromatic carbocycles. The number of amides is 1. The van der Waals surface area contributed by atoms with Crippen LogP contribution in [0.1, 0.15) is 77.6 Å². The van der Waals surface area contributed by atoms with Gasteiger partial charge in [0.25, 0.3) is 0 Å². The van der Waals surface area contributed by atoms with Crippen LogP contribution in [0.5, 0.6) is 0 Å². The molecule has 0 heterocycles. The molecule has 1 amide bonds. The van der Waals surface area contributed by atoms with Gasteiger partial charge in [0.1, 0.15) is 0 Å². The molecule has 0 aromatic rings. The smallest absolute Gasteiger partial charge is 0.237 e. The van der Waals surface area contributed by atoms with Crippen molar-refractivity contribution < 1.29 is 4.79 Å². The molecule has 2 unspecified atom stereocenters. The predicted octanol–water partition coefficient (Wildman–Crippen LogP) is 3.12. The van der Waals surface area contributed by atoms with Gasteiger partial charge in [-0.15, -0.1) is 0 Å². The molecule has 2 atom stereocenters. The molecule has 19 heavy (non-hydrogen) atoms. The number of hydrogen-bond donors (Lipinski definition) is 2. The molecule has 3 heteroatoms. The van der Waals surface area contributed by atoms with Crippen LogP contribution in [-0.4, -0.2) is 17.5 Å². The van der Waals surface area contributed by atoms with Gasteiger partial charge in [0.05, 0.1) is 5.54 Å². The SMILES string of the molecule is CCC1CCCC(NC2CCCCCC2)(C(N)=O)C1. The number of rotatable bonds is 4. The first-order valence-corrected chi connectivity index (χ1v) is 8.24. The van der Waals surface area contributed by atoms with Crippen molar-refractivity contribution in [3.05, 3.63) is 0 Å². The number of nitrogens with two attached hydrogens (primary N) is 1. The van der Waals surface area contributed by atoms with E-state index in [2.05, 4.69) is 12.2 Å². The number of primary amides is 1. The van der Waals surface area contributed by atoms with Gasteiger partial charge >= 0.3 is 0 Å². The van der Waals surface area contributed by atoms with Crippen molar-refractivity contribution in [3.8, 4) is 0 Å². The second-order valence-corrected chi connectivity index (χ2v) is 6.65. The normalized spacial score (nSPS) is 33.8. The monoisotopic (exact) mass is 266 g/mol. The van der Waals surface area contributed by atoms with Gasteiger partial charge < -0.3 is 11.1 Å². The van der Waals surface area contributed by atoms with E-state index in [-0.39, 0.29) is 5.91 Å². The molecule has 3 nitrogen and oxygen atoms in total. The van der Waals surface area contributed by atoms with E-state index >= 15 is 0 Å². The molecule has 0 aromatic heterocycles. The zero-order valence-corrected chi connectivity index (χ0v) is 12.4. The second kappa shape index (κ2) is 6.74. The van der Waals surface area contributed by atoms with Crippen molar-refractivity contribution in [2.45, 2.75) is 89.1 Å². The van der Waals surface area contributed by atoms with E-state index in [0.717, 1.165) is 19.3 Å². The Labute approximate surface area is 117 Å². The highest BCUT2D eigenvalue weighted by molar-refractivity contribution is 5.84. The van der Waals surface area contributed by atoms with Gasteiger partial charge in [-0.2, -0.15) is 0 Å². The molecule has 2 fully saturated rings. The van der Waals surface area contributed by atoms with Crippen LogP contribution in [0.2, 0.25) is 0 Å². The van der Waals surface area contributed by atoms with Crippen molar-refractivity contribution in [2.24, 2.45) is 11.7 Å². The maximum absolute atomic E-state index is 12.1. The highest BCUT2D eigenvalue weighted by Crippen LogP contribution is 2.35. The minimum atomic E-state index is -0.409. The highest BCUT2D eigenvalue weighted by Gasteiger charge is 2.42. The van der Waals surface area contributed by atoms with Gasteiger partial charge in [-0.3, -0.25) is 4.79 Å². The van der Waals surface area contributed by atoms with Crippen molar-refractivity contribution in [2.75, 3.05) is 0 Å². The maximum atomic E-state index is 12.1. The summed E-state index contributed by atoms with van der Waals surface area (Å²) >= 11 is 0. The summed E-state index contributed by atoms with van der Waals surface area (Å²) in [5.41, 5.74) is 5.37. The fraction of sp³-hybridized carbons (Fsp3) is 0.938. The lowest BCUT2D eigenvalue weighted by atomic mass is 9.73. The quantitative estimate of drug-likeness (QED) is 0.768. The van der Waals surface area contributed by atoms with E-state index in [1.807, 2.05) is 0 Å². The topological polar surface area (TPSA) is 55.1 Å². The van der Waals surface area contributed by atoms with E-state index in [1.165, 1.54) is 51.4 Å². The average molecular weight is 266 g/mol. The minimum Gasteiger partial charge on any atom is -0.368 e. The molecular weight excluding hydrogens is 236 g/mol. The van der Waals surface area contributed by atoms with E-state index in [0.29, 0.717) is 12.0 Å². The van der Waals surface area contributed by atoms with Crippen LogP contribution < -0.4 is 11.1 Å². The van der Waals surface area contributed by atoms with Gasteiger partial charge in [0.2, 0.25) is 5.91 Å². The van der Waals surface area contributed by atoms with Crippen LogP contribution in [0, 0.1) is 5.92 Å². The summed E-state index contributed by atoms with van der Waals surface area (Å²) in [6, 6.07) is 0.505. The first-order valence-electron chi connectivity index (χ1n) is 8.24. The Morgan fingerprint density at radius 3 is 2.42 bits per heavy atom. The van der Waals surface area contributed by atoms with E-state index < -0.39 is 5.54 Å². The zero-order valence-electron chi connectivity index (χ0n) is 12.4. The van der Waals surface area contributed by atoms with Crippen LogP contribution >= 0.6 is 0 Å². The Morgan fingerprint density at radius 1 is 1.16 bits per heavy atom. The van der Waals surface area contributed by atoms with E-state index in [9.17, 15) is 4.79 Å². The number of carbonyl (C=O) groups is 1. The third-order valence-corrected chi connectivity index (χ3v) is 5.24. The third-order valence-electron chi connectivity index (χ3n) is 5.24. The summed E-state index contributed by atoms with van der Waals surface area (Å²) < 4.78 is 0. The maximum Gasteiger partial charge on any atom is 0.237 e.